The monoisotopic (exact) mass is 243 g/mol. The van der Waals surface area contributed by atoms with Crippen molar-refractivity contribution in [2.24, 2.45) is 5.73 Å². The van der Waals surface area contributed by atoms with Crippen LogP contribution < -0.4 is 16.4 Å². The Kier molecular flexibility index (Phi) is 4.02. The summed E-state index contributed by atoms with van der Waals surface area (Å²) in [6.45, 7) is 0. The number of carboxylic acid groups (broad SMARTS) is 1. The minimum atomic E-state index is -1.36. The molecule has 1 saturated heterocycles. The van der Waals surface area contributed by atoms with Crippen molar-refractivity contribution in [2.45, 2.75) is 31.3 Å². The Morgan fingerprint density at radius 1 is 1.53 bits per heavy atom. The van der Waals surface area contributed by atoms with E-state index in [9.17, 15) is 19.2 Å². The standard InChI is InChI=1S/C9H13N3O5/c10-6(13)3-5(9(16)17)12-8(15)4-1-2-7(14)11-4/h4-5H,1-3H2,(H2,10,13)(H,11,14)(H,12,15)(H,16,17)/t4-,5?/m1/s1. The summed E-state index contributed by atoms with van der Waals surface area (Å²) in [4.78, 5) is 43.8. The summed E-state index contributed by atoms with van der Waals surface area (Å²) in [5, 5.41) is 13.3. The molecule has 1 rings (SSSR count). The first-order valence-corrected chi connectivity index (χ1v) is 5.01. The molecule has 94 valence electrons. The first-order valence-electron chi connectivity index (χ1n) is 5.01. The van der Waals surface area contributed by atoms with Gasteiger partial charge in [-0.25, -0.2) is 4.79 Å². The highest BCUT2D eigenvalue weighted by Crippen LogP contribution is 2.07. The van der Waals surface area contributed by atoms with E-state index in [0.29, 0.717) is 6.42 Å². The van der Waals surface area contributed by atoms with Gasteiger partial charge < -0.3 is 21.5 Å². The third kappa shape index (κ3) is 3.74. The molecule has 0 saturated carbocycles. The Morgan fingerprint density at radius 2 is 2.18 bits per heavy atom. The molecule has 0 radical (unpaired) electrons. The zero-order valence-corrected chi connectivity index (χ0v) is 8.93. The highest BCUT2D eigenvalue weighted by Gasteiger charge is 2.30. The highest BCUT2D eigenvalue weighted by molar-refractivity contribution is 5.94. The van der Waals surface area contributed by atoms with Crippen molar-refractivity contribution in [3.05, 3.63) is 0 Å². The molecule has 1 fully saturated rings. The molecule has 0 aliphatic carbocycles. The number of rotatable bonds is 5. The molecule has 1 aliphatic rings. The van der Waals surface area contributed by atoms with Crippen molar-refractivity contribution >= 4 is 23.7 Å². The Hall–Kier alpha value is -2.12. The highest BCUT2D eigenvalue weighted by atomic mass is 16.4. The fourth-order valence-electron chi connectivity index (χ4n) is 1.48. The van der Waals surface area contributed by atoms with Gasteiger partial charge in [0.2, 0.25) is 17.7 Å². The number of carbonyl (C=O) groups excluding carboxylic acids is 3. The van der Waals surface area contributed by atoms with E-state index in [2.05, 4.69) is 10.6 Å². The van der Waals surface area contributed by atoms with Crippen LogP contribution in [0.5, 0.6) is 0 Å². The lowest BCUT2D eigenvalue weighted by Gasteiger charge is -2.16. The number of hydrogen-bond donors (Lipinski definition) is 4. The minimum absolute atomic E-state index is 0.228. The van der Waals surface area contributed by atoms with Crippen molar-refractivity contribution in [1.29, 1.82) is 0 Å². The molecule has 1 heterocycles. The summed E-state index contributed by atoms with van der Waals surface area (Å²) in [6.07, 6.45) is 0.0565. The summed E-state index contributed by atoms with van der Waals surface area (Å²) < 4.78 is 0. The van der Waals surface area contributed by atoms with Gasteiger partial charge in [0.1, 0.15) is 12.1 Å². The van der Waals surface area contributed by atoms with E-state index in [4.69, 9.17) is 10.8 Å². The van der Waals surface area contributed by atoms with Crippen LogP contribution in [-0.2, 0) is 19.2 Å². The SMILES string of the molecule is NC(=O)CC(NC(=O)[C@H]1CCC(=O)N1)C(=O)O. The van der Waals surface area contributed by atoms with Crippen molar-refractivity contribution < 1.29 is 24.3 Å². The predicted molar refractivity (Wildman–Crippen MR) is 54.5 cm³/mol. The Morgan fingerprint density at radius 3 is 2.59 bits per heavy atom. The normalized spacial score (nSPS) is 20.5. The van der Waals surface area contributed by atoms with Crippen LogP contribution in [-0.4, -0.2) is 40.9 Å². The lowest BCUT2D eigenvalue weighted by atomic mass is 10.1. The first-order chi connectivity index (χ1) is 7.90. The van der Waals surface area contributed by atoms with Crippen LogP contribution in [0.25, 0.3) is 0 Å². The number of carboxylic acids is 1. The number of aliphatic carboxylic acids is 1. The van der Waals surface area contributed by atoms with Gasteiger partial charge in [0.05, 0.1) is 6.42 Å². The summed E-state index contributed by atoms with van der Waals surface area (Å²) in [5.74, 6) is -3.05. The molecule has 0 aromatic carbocycles. The molecule has 0 bridgehead atoms. The third-order valence-corrected chi connectivity index (χ3v) is 2.33. The van der Waals surface area contributed by atoms with Crippen LogP contribution >= 0.6 is 0 Å². The third-order valence-electron chi connectivity index (χ3n) is 2.33. The smallest absolute Gasteiger partial charge is 0.326 e. The Labute approximate surface area is 96.5 Å². The lowest BCUT2D eigenvalue weighted by molar-refractivity contribution is -0.143. The van der Waals surface area contributed by atoms with Gasteiger partial charge in [-0.1, -0.05) is 0 Å². The van der Waals surface area contributed by atoms with Crippen molar-refractivity contribution in [2.75, 3.05) is 0 Å². The number of carbonyl (C=O) groups is 4. The van der Waals surface area contributed by atoms with Gasteiger partial charge in [0, 0.05) is 6.42 Å². The molecule has 1 unspecified atom stereocenters. The number of nitrogens with one attached hydrogen (secondary N) is 2. The quantitative estimate of drug-likeness (QED) is 0.430. The lowest BCUT2D eigenvalue weighted by Crippen LogP contribution is -2.49. The molecule has 0 aromatic heterocycles. The molecule has 2 atom stereocenters. The fraction of sp³-hybridized carbons (Fsp3) is 0.556. The molecule has 0 aromatic rings. The van der Waals surface area contributed by atoms with E-state index in [0.717, 1.165) is 0 Å². The average molecular weight is 243 g/mol. The molecular weight excluding hydrogens is 230 g/mol. The summed E-state index contributed by atoms with van der Waals surface area (Å²) in [6, 6.07) is -2.10. The van der Waals surface area contributed by atoms with E-state index in [-0.39, 0.29) is 12.3 Å². The number of primary amides is 1. The van der Waals surface area contributed by atoms with Gasteiger partial charge in [-0.05, 0) is 6.42 Å². The summed E-state index contributed by atoms with van der Waals surface area (Å²) >= 11 is 0. The molecule has 17 heavy (non-hydrogen) atoms. The molecular formula is C9H13N3O5. The number of amides is 3. The van der Waals surface area contributed by atoms with Crippen molar-refractivity contribution in [1.82, 2.24) is 10.6 Å². The van der Waals surface area contributed by atoms with Gasteiger partial charge in [-0.15, -0.1) is 0 Å². The zero-order valence-electron chi connectivity index (χ0n) is 8.93. The first kappa shape index (κ1) is 12.9. The molecule has 3 amide bonds. The molecule has 1 aliphatic heterocycles. The molecule has 0 spiro atoms. The van der Waals surface area contributed by atoms with Gasteiger partial charge in [0.25, 0.3) is 0 Å². The maximum Gasteiger partial charge on any atom is 0.326 e. The second kappa shape index (κ2) is 5.28. The second-order valence-electron chi connectivity index (χ2n) is 3.73. The number of nitrogens with two attached hydrogens (primary N) is 1. The second-order valence-corrected chi connectivity index (χ2v) is 3.73. The zero-order chi connectivity index (χ0) is 13.0. The van der Waals surface area contributed by atoms with Crippen molar-refractivity contribution in [3.63, 3.8) is 0 Å². The van der Waals surface area contributed by atoms with Crippen LogP contribution in [0.3, 0.4) is 0 Å². The Balaban J connectivity index is 2.55. The number of hydrogen-bond acceptors (Lipinski definition) is 4. The summed E-state index contributed by atoms with van der Waals surface area (Å²) in [7, 11) is 0. The minimum Gasteiger partial charge on any atom is -0.480 e. The van der Waals surface area contributed by atoms with Gasteiger partial charge in [-0.3, -0.25) is 14.4 Å². The predicted octanol–water partition coefficient (Wildman–Crippen LogP) is -2.29. The van der Waals surface area contributed by atoms with Gasteiger partial charge in [0.15, 0.2) is 0 Å². The van der Waals surface area contributed by atoms with Crippen LogP contribution in [0.1, 0.15) is 19.3 Å². The van der Waals surface area contributed by atoms with Crippen molar-refractivity contribution in [3.8, 4) is 0 Å². The van der Waals surface area contributed by atoms with Gasteiger partial charge in [-0.2, -0.15) is 0 Å². The largest absolute Gasteiger partial charge is 0.480 e. The van der Waals surface area contributed by atoms with E-state index >= 15 is 0 Å². The van der Waals surface area contributed by atoms with E-state index in [1.54, 1.807) is 0 Å². The molecule has 8 nitrogen and oxygen atoms in total. The maximum atomic E-state index is 11.5. The average Bonchev–Trinajstić information content (AvgIpc) is 2.63. The maximum absolute atomic E-state index is 11.5. The summed E-state index contributed by atoms with van der Waals surface area (Å²) in [5.41, 5.74) is 4.86. The van der Waals surface area contributed by atoms with E-state index < -0.39 is 36.3 Å². The Bertz CT molecular complexity index is 368. The topological polar surface area (TPSA) is 139 Å². The van der Waals surface area contributed by atoms with Gasteiger partial charge >= 0.3 is 5.97 Å². The van der Waals surface area contributed by atoms with Crippen LogP contribution in [0.4, 0.5) is 0 Å². The molecule has 5 N–H and O–H groups in total. The van der Waals surface area contributed by atoms with E-state index in [1.165, 1.54) is 0 Å². The van der Waals surface area contributed by atoms with Crippen LogP contribution in [0.15, 0.2) is 0 Å². The van der Waals surface area contributed by atoms with Crippen LogP contribution in [0.2, 0.25) is 0 Å². The van der Waals surface area contributed by atoms with E-state index in [1.807, 2.05) is 0 Å². The van der Waals surface area contributed by atoms with Crippen LogP contribution in [0, 0.1) is 0 Å². The molecule has 8 heteroatoms. The fourth-order valence-corrected chi connectivity index (χ4v) is 1.48.